The molecule has 0 rings (SSSR count). The number of hydrogen-bond donors (Lipinski definition) is 0. The molecule has 0 spiro atoms. The summed E-state index contributed by atoms with van der Waals surface area (Å²) >= 11 is 0. The largest absolute Gasteiger partial charge is 0.545 e. The highest BCUT2D eigenvalue weighted by molar-refractivity contribution is 5.70. The van der Waals surface area contributed by atoms with Crippen LogP contribution in [0, 0.1) is 0 Å². The molecule has 9 heteroatoms. The molecule has 0 N–H and O–H groups in total. The third-order valence-electron chi connectivity index (χ3n) is 18.3. The number of quaternary nitrogens is 1. The summed E-state index contributed by atoms with van der Waals surface area (Å²) in [6.07, 6.45) is 105. The third-order valence-corrected chi connectivity index (χ3v) is 18.3. The van der Waals surface area contributed by atoms with Crippen molar-refractivity contribution in [1.29, 1.82) is 0 Å². The first-order valence-electron chi connectivity index (χ1n) is 41.4. The summed E-state index contributed by atoms with van der Waals surface area (Å²) in [5, 5.41) is 11.9. The molecule has 0 aromatic carbocycles. The molecule has 562 valence electrons. The predicted octanol–water partition coefficient (Wildman–Crippen LogP) is 25.4. The third kappa shape index (κ3) is 79.4. The molecule has 0 heterocycles. The second-order valence-corrected chi connectivity index (χ2v) is 29.0. The van der Waals surface area contributed by atoms with Gasteiger partial charge >= 0.3 is 11.9 Å². The number of carboxylic acids is 1. The van der Waals surface area contributed by atoms with E-state index in [1.807, 2.05) is 21.1 Å². The minimum atomic E-state index is -1.62. The molecule has 2 unspecified atom stereocenters. The lowest BCUT2D eigenvalue weighted by Crippen LogP contribution is -2.44. The fraction of sp³-hybridized carbons (Fsp3) is 0.784. The number of unbranched alkanes of at least 4 members (excludes halogenated alkanes) is 46. The van der Waals surface area contributed by atoms with Gasteiger partial charge in [0.2, 0.25) is 0 Å². The van der Waals surface area contributed by atoms with E-state index in [0.29, 0.717) is 23.9 Å². The van der Waals surface area contributed by atoms with Crippen LogP contribution < -0.4 is 5.11 Å². The molecule has 2 atom stereocenters. The van der Waals surface area contributed by atoms with Crippen LogP contribution >= 0.6 is 0 Å². The molecular weight excluding hydrogens is 1200 g/mol. The molecule has 0 aliphatic rings. The van der Waals surface area contributed by atoms with Crippen molar-refractivity contribution in [2.75, 3.05) is 47.5 Å². The van der Waals surface area contributed by atoms with Gasteiger partial charge in [-0.15, -0.1) is 0 Å². The van der Waals surface area contributed by atoms with E-state index in [-0.39, 0.29) is 32.2 Å². The van der Waals surface area contributed by atoms with Gasteiger partial charge in [0.15, 0.2) is 12.4 Å². The summed E-state index contributed by atoms with van der Waals surface area (Å²) in [6, 6.07) is 0. The molecule has 0 bridgehead atoms. The summed E-state index contributed by atoms with van der Waals surface area (Å²) in [7, 11) is 5.95. The lowest BCUT2D eigenvalue weighted by atomic mass is 10.0. The van der Waals surface area contributed by atoms with Crippen molar-refractivity contribution in [1.82, 2.24) is 0 Å². The first kappa shape index (κ1) is 93.2. The Hall–Kier alpha value is -3.79. The molecule has 9 nitrogen and oxygen atoms in total. The summed E-state index contributed by atoms with van der Waals surface area (Å²) in [5.74, 6) is -2.26. The number of likely N-dealkylation sites (N-methyl/N-ethyl adjacent to an activating group) is 1. The minimum Gasteiger partial charge on any atom is -0.545 e. The van der Waals surface area contributed by atoms with E-state index in [9.17, 15) is 19.5 Å². The summed E-state index contributed by atoms with van der Waals surface area (Å²) in [5.41, 5.74) is 0. The Morgan fingerprint density at radius 3 is 0.876 bits per heavy atom. The van der Waals surface area contributed by atoms with Crippen LogP contribution in [0.1, 0.15) is 386 Å². The van der Waals surface area contributed by atoms with Gasteiger partial charge in [0.1, 0.15) is 13.2 Å². The van der Waals surface area contributed by atoms with Crippen molar-refractivity contribution in [3.8, 4) is 0 Å². The molecule has 97 heavy (non-hydrogen) atoms. The fourth-order valence-corrected chi connectivity index (χ4v) is 12.0. The highest BCUT2D eigenvalue weighted by atomic mass is 16.7. The molecule has 0 aromatic heterocycles. The van der Waals surface area contributed by atoms with Crippen molar-refractivity contribution < 1.29 is 42.9 Å². The molecular formula is C88H157NO8. The van der Waals surface area contributed by atoms with Crippen LogP contribution in [0.2, 0.25) is 0 Å². The lowest BCUT2D eigenvalue weighted by molar-refractivity contribution is -0.870. The highest BCUT2D eigenvalue weighted by Crippen LogP contribution is 2.19. The number of ether oxygens (including phenoxy) is 4. The number of rotatable bonds is 77. The normalized spacial score (nSPS) is 13.1. The number of nitrogens with zero attached hydrogens (tertiary/aromatic N) is 1. The molecule has 0 radical (unpaired) electrons. The Balaban J connectivity index is 3.98. The van der Waals surface area contributed by atoms with E-state index in [1.165, 1.54) is 276 Å². The van der Waals surface area contributed by atoms with Gasteiger partial charge in [-0.05, 0) is 96.3 Å². The van der Waals surface area contributed by atoms with Crippen molar-refractivity contribution >= 4 is 17.9 Å². The number of esters is 2. The maximum absolute atomic E-state index is 13.0. The quantitative estimate of drug-likeness (QED) is 0.0195. The van der Waals surface area contributed by atoms with Crippen LogP contribution in [0.3, 0.4) is 0 Å². The average molecular weight is 1360 g/mol. The summed E-state index contributed by atoms with van der Waals surface area (Å²) < 4.78 is 22.9. The Morgan fingerprint density at radius 2 is 0.588 bits per heavy atom. The van der Waals surface area contributed by atoms with Crippen LogP contribution in [0.4, 0.5) is 0 Å². The van der Waals surface area contributed by atoms with E-state index in [0.717, 1.165) is 77.0 Å². The number of carbonyl (C=O) groups excluding carboxylic acids is 3. The van der Waals surface area contributed by atoms with Crippen molar-refractivity contribution in [2.24, 2.45) is 0 Å². The monoisotopic (exact) mass is 1360 g/mol. The second kappa shape index (κ2) is 77.9. The molecule has 0 aromatic rings. The molecule has 0 amide bonds. The van der Waals surface area contributed by atoms with E-state index < -0.39 is 24.3 Å². The van der Waals surface area contributed by atoms with Crippen LogP contribution in [-0.2, 0) is 33.3 Å². The topological polar surface area (TPSA) is 111 Å². The van der Waals surface area contributed by atoms with Crippen molar-refractivity contribution in [2.45, 2.75) is 399 Å². The van der Waals surface area contributed by atoms with Crippen molar-refractivity contribution in [3.63, 3.8) is 0 Å². The van der Waals surface area contributed by atoms with E-state index in [4.69, 9.17) is 18.9 Å². The van der Waals surface area contributed by atoms with Gasteiger partial charge in [0.05, 0.1) is 40.3 Å². The van der Waals surface area contributed by atoms with E-state index >= 15 is 0 Å². The van der Waals surface area contributed by atoms with Gasteiger partial charge < -0.3 is 33.3 Å². The summed E-state index contributed by atoms with van der Waals surface area (Å²) in [4.78, 5) is 37.6. The van der Waals surface area contributed by atoms with Crippen LogP contribution in [0.5, 0.6) is 0 Å². The molecule has 0 saturated carbocycles. The SMILES string of the molecule is CC/C=C\C/C=C\C/C=C\C/C=C\C/C=C\C/C=C\CCCCCCCCCCCCCCCCCCC(=O)OC(COC(=O)CCCCCCCCCCCCCCCCCCCCCCCCCCC/C=C\C/C=C\CCCCCCC)COC(OCC[N+](C)(C)C)C(=O)[O-]. The maximum Gasteiger partial charge on any atom is 0.306 e. The predicted molar refractivity (Wildman–Crippen MR) is 417 cm³/mol. The van der Waals surface area contributed by atoms with Gasteiger partial charge in [-0.2, -0.15) is 0 Å². The zero-order chi connectivity index (χ0) is 70.4. The highest BCUT2D eigenvalue weighted by Gasteiger charge is 2.22. The van der Waals surface area contributed by atoms with Gasteiger partial charge in [-0.3, -0.25) is 9.59 Å². The number of aliphatic carboxylic acids is 1. The number of allylic oxidation sites excluding steroid dienone is 16. The second-order valence-electron chi connectivity index (χ2n) is 29.0. The maximum atomic E-state index is 13.0. The Bertz CT molecular complexity index is 1920. The van der Waals surface area contributed by atoms with Gasteiger partial charge in [0, 0.05) is 12.8 Å². The number of carboxylic acid groups (broad SMARTS) is 1. The molecule has 0 fully saturated rings. The van der Waals surface area contributed by atoms with Gasteiger partial charge in [0.25, 0.3) is 0 Å². The zero-order valence-electron chi connectivity index (χ0n) is 64.4. The van der Waals surface area contributed by atoms with E-state index in [1.54, 1.807) is 0 Å². The molecule has 0 aliphatic heterocycles. The first-order chi connectivity index (χ1) is 47.6. The van der Waals surface area contributed by atoms with Crippen LogP contribution in [0.15, 0.2) is 97.2 Å². The molecule has 0 aliphatic carbocycles. The number of carbonyl (C=O) groups is 3. The van der Waals surface area contributed by atoms with E-state index in [2.05, 4.69) is 111 Å². The fourth-order valence-electron chi connectivity index (χ4n) is 12.0. The number of hydrogen-bond acceptors (Lipinski definition) is 8. The lowest BCUT2D eigenvalue weighted by Gasteiger charge is -2.26. The Kier molecular flexibility index (Phi) is 74.9. The summed E-state index contributed by atoms with van der Waals surface area (Å²) in [6.45, 7) is 4.68. The molecule has 0 saturated heterocycles. The Labute approximate surface area is 601 Å². The van der Waals surface area contributed by atoms with Crippen LogP contribution in [-0.4, -0.2) is 82.3 Å². The average Bonchev–Trinajstić information content (AvgIpc) is 3.74. The first-order valence-corrected chi connectivity index (χ1v) is 41.4. The Morgan fingerprint density at radius 1 is 0.320 bits per heavy atom. The zero-order valence-corrected chi connectivity index (χ0v) is 64.4. The van der Waals surface area contributed by atoms with Gasteiger partial charge in [-0.25, -0.2) is 0 Å². The van der Waals surface area contributed by atoms with Gasteiger partial charge in [-0.1, -0.05) is 374 Å². The standard InChI is InChI=1S/C88H157NO8/c1-6-8-10-12-14-16-18-20-22-24-26-28-30-32-34-36-38-40-42-43-45-46-48-50-52-54-56-58-60-62-64-66-68-70-72-74-76-78-85(90)95-82-84(83-96-88(87(92)93)94-81-80-89(3,4)5)97-86(91)79-77-75-73-71-69-67-65-63-61-59-57-55-53-51-49-47-44-41-39-37-35-33-31-29-27-25-23-21-19-17-15-13-11-9-7-2/h9,11,15,17-18,20-21,23-24,26-27,29,33,35,39,41,84,88H,6-8,10,12-14,16,19,22,25,28,30-32,34,36-38,40,42-83H2,1-5H3/b11-9-,17-15-,20-18-,23-21-,26-24-,29-27-,35-33-,41-39-. The minimum absolute atomic E-state index is 0.147. The smallest absolute Gasteiger partial charge is 0.306 e. The van der Waals surface area contributed by atoms with Crippen molar-refractivity contribution in [3.05, 3.63) is 97.2 Å². The van der Waals surface area contributed by atoms with Crippen LogP contribution in [0.25, 0.3) is 0 Å².